The lowest BCUT2D eigenvalue weighted by Gasteiger charge is -2.11. The molecule has 2 aromatic carbocycles. The van der Waals surface area contributed by atoms with Gasteiger partial charge in [0.15, 0.2) is 0 Å². The van der Waals surface area contributed by atoms with E-state index in [1.807, 2.05) is 0 Å². The van der Waals surface area contributed by atoms with Crippen molar-refractivity contribution in [1.29, 1.82) is 0 Å². The van der Waals surface area contributed by atoms with Gasteiger partial charge >= 0.3 is 0 Å². The summed E-state index contributed by atoms with van der Waals surface area (Å²) in [7, 11) is 3.07. The molecule has 0 fully saturated rings. The second-order valence-corrected chi connectivity index (χ2v) is 5.34. The molecule has 24 heavy (non-hydrogen) atoms. The molecule has 3 rings (SSSR count). The van der Waals surface area contributed by atoms with Crippen LogP contribution in [0.4, 0.5) is 10.1 Å². The van der Waals surface area contributed by atoms with E-state index in [4.69, 9.17) is 9.47 Å². The van der Waals surface area contributed by atoms with Crippen molar-refractivity contribution >= 4 is 22.5 Å². The number of anilines is 1. The third kappa shape index (κ3) is 2.78. The van der Waals surface area contributed by atoms with Gasteiger partial charge in [-0.1, -0.05) is 0 Å². The van der Waals surface area contributed by atoms with Crippen LogP contribution in [0.25, 0.3) is 10.9 Å². The van der Waals surface area contributed by atoms with E-state index in [-0.39, 0.29) is 11.7 Å². The Morgan fingerprint density at radius 3 is 2.62 bits per heavy atom. The first-order valence-electron chi connectivity index (χ1n) is 7.34. The smallest absolute Gasteiger partial charge is 0.272 e. The minimum Gasteiger partial charge on any atom is -0.497 e. The first kappa shape index (κ1) is 15.9. The van der Waals surface area contributed by atoms with E-state index >= 15 is 0 Å². The van der Waals surface area contributed by atoms with E-state index in [1.165, 1.54) is 19.2 Å². The van der Waals surface area contributed by atoms with Gasteiger partial charge in [0.05, 0.1) is 19.9 Å². The number of ether oxygens (including phenoxy) is 2. The summed E-state index contributed by atoms with van der Waals surface area (Å²) in [4.78, 5) is 15.7. The van der Waals surface area contributed by atoms with Crippen LogP contribution in [0.2, 0.25) is 0 Å². The molecule has 0 aliphatic carbocycles. The maximum Gasteiger partial charge on any atom is 0.272 e. The third-order valence-electron chi connectivity index (χ3n) is 3.90. The molecule has 124 valence electrons. The molecule has 1 heterocycles. The zero-order chi connectivity index (χ0) is 17.3. The Morgan fingerprint density at radius 1 is 1.12 bits per heavy atom. The van der Waals surface area contributed by atoms with E-state index in [0.29, 0.717) is 39.3 Å². The van der Waals surface area contributed by atoms with Crippen molar-refractivity contribution in [3.8, 4) is 11.5 Å². The van der Waals surface area contributed by atoms with Gasteiger partial charge in [0.25, 0.3) is 5.91 Å². The predicted octanol–water partition coefficient (Wildman–Crippen LogP) is 3.88. The van der Waals surface area contributed by atoms with E-state index in [2.05, 4.69) is 10.3 Å². The average molecular weight is 328 g/mol. The maximum absolute atomic E-state index is 13.4. The highest BCUT2D eigenvalue weighted by Crippen LogP contribution is 2.30. The van der Waals surface area contributed by atoms with Crippen molar-refractivity contribution in [2.75, 3.05) is 19.5 Å². The van der Waals surface area contributed by atoms with Crippen LogP contribution >= 0.6 is 0 Å². The number of methoxy groups -OCH3 is 2. The molecule has 6 heteroatoms. The minimum atomic E-state index is -0.342. The van der Waals surface area contributed by atoms with E-state index in [0.717, 1.165) is 0 Å². The fraction of sp³-hybridized carbons (Fsp3) is 0.167. The highest BCUT2D eigenvalue weighted by atomic mass is 19.1. The number of fused-ring (bicyclic) bond motifs is 1. The average Bonchev–Trinajstić information content (AvgIpc) is 2.91. The summed E-state index contributed by atoms with van der Waals surface area (Å²) in [5.74, 6) is 0.437. The lowest BCUT2D eigenvalue weighted by molar-refractivity contribution is 0.102. The molecule has 0 saturated carbocycles. The normalized spacial score (nSPS) is 10.7. The van der Waals surface area contributed by atoms with Crippen LogP contribution in [-0.4, -0.2) is 25.1 Å². The first-order valence-corrected chi connectivity index (χ1v) is 7.34. The topological polar surface area (TPSA) is 63.4 Å². The number of nitrogens with one attached hydrogen (secondary N) is 2. The van der Waals surface area contributed by atoms with Crippen molar-refractivity contribution in [2.45, 2.75) is 6.92 Å². The molecule has 0 spiro atoms. The minimum absolute atomic E-state index is 0.337. The van der Waals surface area contributed by atoms with Crippen LogP contribution in [-0.2, 0) is 0 Å². The molecular formula is C18H17FN2O3. The number of aromatic nitrogens is 1. The lowest BCUT2D eigenvalue weighted by Crippen LogP contribution is -2.14. The summed E-state index contributed by atoms with van der Waals surface area (Å²) in [5, 5.41) is 3.48. The van der Waals surface area contributed by atoms with Gasteiger partial charge in [0.1, 0.15) is 23.0 Å². The van der Waals surface area contributed by atoms with Gasteiger partial charge in [0, 0.05) is 17.0 Å². The van der Waals surface area contributed by atoms with Crippen molar-refractivity contribution in [3.63, 3.8) is 0 Å². The zero-order valence-corrected chi connectivity index (χ0v) is 13.6. The van der Waals surface area contributed by atoms with Crippen LogP contribution in [0, 0.1) is 12.7 Å². The molecule has 0 bridgehead atoms. The summed E-state index contributed by atoms with van der Waals surface area (Å²) in [6.45, 7) is 1.77. The number of amides is 1. The van der Waals surface area contributed by atoms with Gasteiger partial charge < -0.3 is 19.8 Å². The predicted molar refractivity (Wildman–Crippen MR) is 90.5 cm³/mol. The molecule has 0 aliphatic heterocycles. The summed E-state index contributed by atoms with van der Waals surface area (Å²) in [6, 6.07) is 9.50. The molecule has 3 aromatic rings. The molecule has 2 N–H and O–H groups in total. The second-order valence-electron chi connectivity index (χ2n) is 5.34. The molecule has 0 aliphatic rings. The monoisotopic (exact) mass is 328 g/mol. The van der Waals surface area contributed by atoms with Crippen LogP contribution in [0.3, 0.4) is 0 Å². The van der Waals surface area contributed by atoms with E-state index in [1.54, 1.807) is 38.3 Å². The number of hydrogen-bond donors (Lipinski definition) is 2. The molecular weight excluding hydrogens is 311 g/mol. The van der Waals surface area contributed by atoms with E-state index < -0.39 is 0 Å². The zero-order valence-electron chi connectivity index (χ0n) is 13.6. The number of rotatable bonds is 4. The number of aromatic amines is 1. The quantitative estimate of drug-likeness (QED) is 0.764. The molecule has 1 aromatic heterocycles. The molecule has 0 atom stereocenters. The third-order valence-corrected chi connectivity index (χ3v) is 3.90. The van der Waals surface area contributed by atoms with Gasteiger partial charge in [-0.2, -0.15) is 0 Å². The molecule has 1 amide bonds. The van der Waals surface area contributed by atoms with Gasteiger partial charge in [-0.25, -0.2) is 4.39 Å². The SMILES string of the molecule is COc1ccc(OC)c(NC(=O)c2[nH]c3ccc(F)cc3c2C)c1. The summed E-state index contributed by atoms with van der Waals surface area (Å²) < 4.78 is 23.8. The number of carbonyl (C=O) groups is 1. The van der Waals surface area contributed by atoms with Crippen LogP contribution in [0.5, 0.6) is 11.5 Å². The lowest BCUT2D eigenvalue weighted by atomic mass is 10.1. The number of carbonyl (C=O) groups excluding carboxylic acids is 1. The first-order chi connectivity index (χ1) is 11.5. The highest BCUT2D eigenvalue weighted by molar-refractivity contribution is 6.08. The van der Waals surface area contributed by atoms with Gasteiger partial charge in [-0.15, -0.1) is 0 Å². The van der Waals surface area contributed by atoms with Gasteiger partial charge in [-0.3, -0.25) is 4.79 Å². The second kappa shape index (κ2) is 6.23. The number of halogens is 1. The molecule has 0 radical (unpaired) electrons. The Labute approximate surface area is 138 Å². The van der Waals surface area contributed by atoms with Crippen molar-refractivity contribution in [2.24, 2.45) is 0 Å². The molecule has 5 nitrogen and oxygen atoms in total. The van der Waals surface area contributed by atoms with Crippen molar-refractivity contribution in [3.05, 3.63) is 53.5 Å². The van der Waals surface area contributed by atoms with Crippen LogP contribution in [0.1, 0.15) is 16.1 Å². The number of benzene rings is 2. The van der Waals surface area contributed by atoms with Crippen molar-refractivity contribution < 1.29 is 18.7 Å². The Balaban J connectivity index is 1.97. The molecule has 0 saturated heterocycles. The summed E-state index contributed by atoms with van der Waals surface area (Å²) in [6.07, 6.45) is 0. The standard InChI is InChI=1S/C18H17FN2O3/c1-10-13-8-11(19)4-6-14(13)20-17(10)18(22)21-15-9-12(23-2)5-7-16(15)24-3/h4-9,20H,1-3H3,(H,21,22). The largest absolute Gasteiger partial charge is 0.497 e. The fourth-order valence-corrected chi connectivity index (χ4v) is 2.62. The van der Waals surface area contributed by atoms with E-state index in [9.17, 15) is 9.18 Å². The van der Waals surface area contributed by atoms with Crippen molar-refractivity contribution in [1.82, 2.24) is 4.98 Å². The Hall–Kier alpha value is -3.02. The number of hydrogen-bond acceptors (Lipinski definition) is 3. The number of H-pyrrole nitrogens is 1. The Kier molecular flexibility index (Phi) is 4.12. The van der Waals surface area contributed by atoms with Gasteiger partial charge in [0.2, 0.25) is 0 Å². The maximum atomic E-state index is 13.4. The Bertz CT molecular complexity index is 918. The Morgan fingerprint density at radius 2 is 1.92 bits per heavy atom. The summed E-state index contributed by atoms with van der Waals surface area (Å²) >= 11 is 0. The van der Waals surface area contributed by atoms with Crippen LogP contribution in [0.15, 0.2) is 36.4 Å². The summed E-state index contributed by atoms with van der Waals surface area (Å²) in [5.41, 5.74) is 2.26. The highest BCUT2D eigenvalue weighted by Gasteiger charge is 2.17. The van der Waals surface area contributed by atoms with Crippen LogP contribution < -0.4 is 14.8 Å². The number of aryl methyl sites for hydroxylation is 1. The van der Waals surface area contributed by atoms with Gasteiger partial charge in [-0.05, 0) is 42.8 Å². The fourth-order valence-electron chi connectivity index (χ4n) is 2.62. The molecule has 0 unspecified atom stereocenters.